The van der Waals surface area contributed by atoms with E-state index in [1.807, 2.05) is 0 Å². The van der Waals surface area contributed by atoms with E-state index in [1.165, 1.54) is 26.4 Å². The van der Waals surface area contributed by atoms with Crippen molar-refractivity contribution in [3.63, 3.8) is 0 Å². The standard InChI is InChI=1S/C13H24O2/c1-10(2)8-11-9-13(11,3)7-5-6-12(14)15-4/h10-11H,5-9H2,1-4H3. The monoisotopic (exact) mass is 212 g/mol. The third-order valence-electron chi connectivity index (χ3n) is 3.65. The number of hydrogen-bond acceptors (Lipinski definition) is 2. The van der Waals surface area contributed by atoms with Crippen LogP contribution in [0.15, 0.2) is 0 Å². The second-order valence-electron chi connectivity index (χ2n) is 5.61. The predicted molar refractivity (Wildman–Crippen MR) is 61.5 cm³/mol. The number of carbonyl (C=O) groups excluding carboxylic acids is 1. The van der Waals surface area contributed by atoms with Crippen LogP contribution >= 0.6 is 0 Å². The molecule has 0 aromatic rings. The maximum atomic E-state index is 11.0. The van der Waals surface area contributed by atoms with Crippen LogP contribution in [0.5, 0.6) is 0 Å². The van der Waals surface area contributed by atoms with Gasteiger partial charge in [-0.1, -0.05) is 20.8 Å². The Bertz CT molecular complexity index is 223. The minimum atomic E-state index is -0.0698. The van der Waals surface area contributed by atoms with Gasteiger partial charge in [-0.15, -0.1) is 0 Å². The number of carbonyl (C=O) groups is 1. The SMILES string of the molecule is COC(=O)CCCC1(C)CC1CC(C)C. The molecule has 1 fully saturated rings. The minimum Gasteiger partial charge on any atom is -0.469 e. The number of rotatable bonds is 6. The lowest BCUT2D eigenvalue weighted by Gasteiger charge is -2.11. The topological polar surface area (TPSA) is 26.3 Å². The molecule has 1 aliphatic rings. The van der Waals surface area contributed by atoms with E-state index in [4.69, 9.17) is 0 Å². The molecule has 2 heteroatoms. The van der Waals surface area contributed by atoms with Crippen molar-refractivity contribution in [2.24, 2.45) is 17.3 Å². The largest absolute Gasteiger partial charge is 0.469 e. The van der Waals surface area contributed by atoms with Crippen molar-refractivity contribution < 1.29 is 9.53 Å². The van der Waals surface area contributed by atoms with E-state index in [1.54, 1.807) is 0 Å². The molecule has 2 nitrogen and oxygen atoms in total. The first-order chi connectivity index (χ1) is 6.98. The average molecular weight is 212 g/mol. The van der Waals surface area contributed by atoms with Crippen LogP contribution in [0.1, 0.15) is 52.9 Å². The van der Waals surface area contributed by atoms with E-state index in [0.29, 0.717) is 11.8 Å². The Labute approximate surface area is 93.4 Å². The van der Waals surface area contributed by atoms with E-state index in [2.05, 4.69) is 25.5 Å². The zero-order valence-electron chi connectivity index (χ0n) is 10.5. The van der Waals surface area contributed by atoms with Gasteiger partial charge in [0.2, 0.25) is 0 Å². The summed E-state index contributed by atoms with van der Waals surface area (Å²) < 4.78 is 4.64. The van der Waals surface area contributed by atoms with Crippen LogP contribution in [0.3, 0.4) is 0 Å². The van der Waals surface area contributed by atoms with Gasteiger partial charge < -0.3 is 4.74 Å². The normalized spacial score (nSPS) is 29.3. The molecular formula is C13H24O2. The van der Waals surface area contributed by atoms with Crippen molar-refractivity contribution in [2.75, 3.05) is 7.11 Å². The van der Waals surface area contributed by atoms with Gasteiger partial charge >= 0.3 is 5.97 Å². The van der Waals surface area contributed by atoms with Crippen LogP contribution in [0.4, 0.5) is 0 Å². The second kappa shape index (κ2) is 5.00. The molecule has 0 spiro atoms. The van der Waals surface area contributed by atoms with Crippen LogP contribution < -0.4 is 0 Å². The highest BCUT2D eigenvalue weighted by Crippen LogP contribution is 2.58. The summed E-state index contributed by atoms with van der Waals surface area (Å²) in [4.78, 5) is 11.0. The molecule has 0 aromatic heterocycles. The molecule has 1 rings (SSSR count). The molecule has 0 heterocycles. The van der Waals surface area contributed by atoms with Gasteiger partial charge in [-0.2, -0.15) is 0 Å². The lowest BCUT2D eigenvalue weighted by molar-refractivity contribution is -0.140. The Balaban J connectivity index is 2.15. The summed E-state index contributed by atoms with van der Waals surface area (Å²) in [7, 11) is 1.46. The fourth-order valence-electron chi connectivity index (χ4n) is 2.49. The Hall–Kier alpha value is -0.530. The van der Waals surface area contributed by atoms with Crippen molar-refractivity contribution in [1.82, 2.24) is 0 Å². The van der Waals surface area contributed by atoms with E-state index in [0.717, 1.165) is 18.3 Å². The number of ether oxygens (including phenoxy) is 1. The number of hydrogen-bond donors (Lipinski definition) is 0. The zero-order valence-corrected chi connectivity index (χ0v) is 10.5. The van der Waals surface area contributed by atoms with Gasteiger partial charge in [0, 0.05) is 6.42 Å². The van der Waals surface area contributed by atoms with E-state index in [-0.39, 0.29) is 5.97 Å². The molecule has 0 aliphatic heterocycles. The third kappa shape index (κ3) is 3.84. The summed E-state index contributed by atoms with van der Waals surface area (Å²) in [6, 6.07) is 0. The van der Waals surface area contributed by atoms with Gasteiger partial charge in [0.05, 0.1) is 7.11 Å². The summed E-state index contributed by atoms with van der Waals surface area (Å²) in [5.74, 6) is 1.63. The van der Waals surface area contributed by atoms with Crippen molar-refractivity contribution >= 4 is 5.97 Å². The summed E-state index contributed by atoms with van der Waals surface area (Å²) in [6.45, 7) is 6.93. The first-order valence-corrected chi connectivity index (χ1v) is 6.05. The van der Waals surface area contributed by atoms with Crippen LogP contribution in [0, 0.1) is 17.3 Å². The second-order valence-corrected chi connectivity index (χ2v) is 5.61. The highest BCUT2D eigenvalue weighted by Gasteiger charge is 2.48. The molecule has 1 aliphatic carbocycles. The fourth-order valence-corrected chi connectivity index (χ4v) is 2.49. The molecule has 2 atom stereocenters. The van der Waals surface area contributed by atoms with Gasteiger partial charge in [-0.05, 0) is 42.9 Å². The van der Waals surface area contributed by atoms with E-state index < -0.39 is 0 Å². The molecule has 15 heavy (non-hydrogen) atoms. The molecule has 88 valence electrons. The molecule has 0 N–H and O–H groups in total. The van der Waals surface area contributed by atoms with Crippen molar-refractivity contribution in [3.05, 3.63) is 0 Å². The molecular weight excluding hydrogens is 188 g/mol. The minimum absolute atomic E-state index is 0.0698. The first-order valence-electron chi connectivity index (χ1n) is 6.05. The smallest absolute Gasteiger partial charge is 0.305 e. The van der Waals surface area contributed by atoms with Crippen LogP contribution in [-0.4, -0.2) is 13.1 Å². The first kappa shape index (κ1) is 12.5. The van der Waals surface area contributed by atoms with E-state index in [9.17, 15) is 4.79 Å². The Morgan fingerprint density at radius 1 is 1.53 bits per heavy atom. The molecule has 0 amide bonds. The van der Waals surface area contributed by atoms with Crippen molar-refractivity contribution in [2.45, 2.75) is 52.9 Å². The molecule has 0 aromatic carbocycles. The highest BCUT2D eigenvalue weighted by molar-refractivity contribution is 5.69. The average Bonchev–Trinajstić information content (AvgIpc) is 2.75. The van der Waals surface area contributed by atoms with Crippen molar-refractivity contribution in [3.8, 4) is 0 Å². The number of esters is 1. The Morgan fingerprint density at radius 3 is 2.73 bits per heavy atom. The van der Waals surface area contributed by atoms with Gasteiger partial charge in [-0.3, -0.25) is 4.79 Å². The summed E-state index contributed by atoms with van der Waals surface area (Å²) in [5, 5.41) is 0. The Kier molecular flexibility index (Phi) is 4.18. The number of methoxy groups -OCH3 is 1. The predicted octanol–water partition coefficient (Wildman–Crippen LogP) is 3.40. The molecule has 0 saturated heterocycles. The Morgan fingerprint density at radius 2 is 2.20 bits per heavy atom. The lowest BCUT2D eigenvalue weighted by atomic mass is 9.94. The molecule has 0 bridgehead atoms. The molecule has 2 unspecified atom stereocenters. The summed E-state index contributed by atoms with van der Waals surface area (Å²) in [5.41, 5.74) is 0.526. The highest BCUT2D eigenvalue weighted by atomic mass is 16.5. The maximum absolute atomic E-state index is 11.0. The van der Waals surface area contributed by atoms with Gasteiger partial charge in [0.25, 0.3) is 0 Å². The van der Waals surface area contributed by atoms with E-state index >= 15 is 0 Å². The zero-order chi connectivity index (χ0) is 11.5. The van der Waals surface area contributed by atoms with Gasteiger partial charge in [0.1, 0.15) is 0 Å². The van der Waals surface area contributed by atoms with Crippen molar-refractivity contribution in [1.29, 1.82) is 0 Å². The van der Waals surface area contributed by atoms with Gasteiger partial charge in [-0.25, -0.2) is 0 Å². The molecule has 1 saturated carbocycles. The molecule has 0 radical (unpaired) electrons. The quantitative estimate of drug-likeness (QED) is 0.631. The van der Waals surface area contributed by atoms with Crippen LogP contribution in [0.2, 0.25) is 0 Å². The fraction of sp³-hybridized carbons (Fsp3) is 0.923. The summed E-state index contributed by atoms with van der Waals surface area (Å²) >= 11 is 0. The third-order valence-corrected chi connectivity index (χ3v) is 3.65. The van der Waals surface area contributed by atoms with Crippen LogP contribution in [0.25, 0.3) is 0 Å². The summed E-state index contributed by atoms with van der Waals surface area (Å²) in [6.07, 6.45) is 5.44. The van der Waals surface area contributed by atoms with Gasteiger partial charge in [0.15, 0.2) is 0 Å². The maximum Gasteiger partial charge on any atom is 0.305 e. The lowest BCUT2D eigenvalue weighted by Crippen LogP contribution is -2.04. The van der Waals surface area contributed by atoms with Crippen LogP contribution in [-0.2, 0) is 9.53 Å².